The van der Waals surface area contributed by atoms with Crippen molar-refractivity contribution in [2.24, 2.45) is 5.16 Å². The number of nitriles is 1. The third kappa shape index (κ3) is 5.41. The first-order chi connectivity index (χ1) is 9.60. The van der Waals surface area contributed by atoms with E-state index in [1.165, 1.54) is 12.1 Å². The number of hydrogen-bond donors (Lipinski definition) is 0. The maximum absolute atomic E-state index is 11.9. The van der Waals surface area contributed by atoms with Crippen molar-refractivity contribution in [1.29, 1.82) is 5.26 Å². The molecule has 20 heavy (non-hydrogen) atoms. The normalized spacial score (nSPS) is 11.9. The molecular weight excluding hydrogens is 276 g/mol. The highest BCUT2D eigenvalue weighted by Gasteiger charge is 2.15. The predicted octanol–water partition coefficient (Wildman–Crippen LogP) is 3.24. The molecule has 1 aromatic carbocycles. The molecule has 0 radical (unpaired) electrons. The van der Waals surface area contributed by atoms with Crippen molar-refractivity contribution < 1.29 is 12.7 Å². The Morgan fingerprint density at radius 2 is 2.00 bits per heavy atom. The van der Waals surface area contributed by atoms with Gasteiger partial charge in [0, 0.05) is 6.42 Å². The first-order valence-corrected chi connectivity index (χ1v) is 7.92. The van der Waals surface area contributed by atoms with Crippen LogP contribution >= 0.6 is 0 Å². The van der Waals surface area contributed by atoms with Crippen LogP contribution in [0.3, 0.4) is 0 Å². The lowest BCUT2D eigenvalue weighted by molar-refractivity contribution is 0.336. The molecule has 108 valence electrons. The van der Waals surface area contributed by atoms with Crippen LogP contribution in [0.2, 0.25) is 0 Å². The van der Waals surface area contributed by atoms with Crippen LogP contribution < -0.4 is 0 Å². The second-order valence-electron chi connectivity index (χ2n) is 4.22. The van der Waals surface area contributed by atoms with Crippen LogP contribution in [-0.4, -0.2) is 14.1 Å². The van der Waals surface area contributed by atoms with E-state index < -0.39 is 10.1 Å². The molecule has 0 amide bonds. The van der Waals surface area contributed by atoms with E-state index in [4.69, 9.17) is 9.55 Å². The van der Waals surface area contributed by atoms with Gasteiger partial charge in [0.1, 0.15) is 4.90 Å². The molecule has 0 saturated carbocycles. The van der Waals surface area contributed by atoms with Gasteiger partial charge >= 0.3 is 10.1 Å². The second kappa shape index (κ2) is 8.33. The maximum Gasteiger partial charge on any atom is 0.358 e. The number of hydrogen-bond acceptors (Lipinski definition) is 5. The summed E-state index contributed by atoms with van der Waals surface area (Å²) >= 11 is 0. The van der Waals surface area contributed by atoms with Crippen LogP contribution in [0.5, 0.6) is 0 Å². The summed E-state index contributed by atoms with van der Waals surface area (Å²) < 4.78 is 28.4. The van der Waals surface area contributed by atoms with E-state index in [1.807, 2.05) is 6.92 Å². The fraction of sp³-hybridized carbons (Fsp3) is 0.429. The van der Waals surface area contributed by atoms with Crippen molar-refractivity contribution in [3.63, 3.8) is 0 Å². The molecule has 0 atom stereocenters. The van der Waals surface area contributed by atoms with E-state index >= 15 is 0 Å². The van der Waals surface area contributed by atoms with E-state index in [0.29, 0.717) is 25.0 Å². The third-order valence-electron chi connectivity index (χ3n) is 2.71. The minimum absolute atomic E-state index is 0.0867. The smallest absolute Gasteiger partial charge is 0.265 e. The summed E-state index contributed by atoms with van der Waals surface area (Å²) in [6.45, 7) is 1.89. The summed E-state index contributed by atoms with van der Waals surface area (Å²) in [5, 5.41) is 12.2. The van der Waals surface area contributed by atoms with Gasteiger partial charge in [0.25, 0.3) is 0 Å². The van der Waals surface area contributed by atoms with Gasteiger partial charge < -0.3 is 0 Å². The molecule has 0 aliphatic heterocycles. The van der Waals surface area contributed by atoms with Gasteiger partial charge in [-0.15, -0.1) is 0 Å². The van der Waals surface area contributed by atoms with Crippen molar-refractivity contribution in [3.8, 4) is 6.07 Å². The lowest BCUT2D eigenvalue weighted by Crippen LogP contribution is -2.05. The third-order valence-corrected chi connectivity index (χ3v) is 3.83. The van der Waals surface area contributed by atoms with E-state index in [2.05, 4.69) is 11.2 Å². The van der Waals surface area contributed by atoms with Gasteiger partial charge in [0.05, 0.1) is 11.8 Å². The van der Waals surface area contributed by atoms with E-state index in [9.17, 15) is 8.42 Å². The van der Waals surface area contributed by atoms with Crippen molar-refractivity contribution in [3.05, 3.63) is 30.3 Å². The molecule has 0 bridgehead atoms. The molecule has 0 spiro atoms. The Morgan fingerprint density at radius 1 is 1.30 bits per heavy atom. The Morgan fingerprint density at radius 3 is 2.60 bits per heavy atom. The van der Waals surface area contributed by atoms with Gasteiger partial charge in [-0.1, -0.05) is 30.3 Å². The molecule has 0 fully saturated rings. The summed E-state index contributed by atoms with van der Waals surface area (Å²) in [6.07, 6.45) is 3.34. The van der Waals surface area contributed by atoms with Gasteiger partial charge in [0.15, 0.2) is 0 Å². The molecule has 0 aromatic heterocycles. The van der Waals surface area contributed by atoms with Crippen LogP contribution in [0.4, 0.5) is 0 Å². The lowest BCUT2D eigenvalue weighted by atomic mass is 10.1. The average Bonchev–Trinajstić information content (AvgIpc) is 2.47. The Balaban J connectivity index is 2.62. The van der Waals surface area contributed by atoms with Crippen LogP contribution in [0, 0.1) is 11.3 Å². The molecule has 0 aliphatic rings. The zero-order valence-electron chi connectivity index (χ0n) is 11.4. The van der Waals surface area contributed by atoms with Gasteiger partial charge in [-0.05, 0) is 37.8 Å². The van der Waals surface area contributed by atoms with Gasteiger partial charge in [-0.25, -0.2) is 0 Å². The Hall–Kier alpha value is -1.87. The lowest BCUT2D eigenvalue weighted by Gasteiger charge is -2.04. The molecule has 1 rings (SSSR count). The Bertz CT molecular complexity index is 574. The molecule has 0 N–H and O–H groups in total. The number of rotatable bonds is 8. The average molecular weight is 294 g/mol. The zero-order chi connectivity index (χ0) is 14.8. The maximum atomic E-state index is 11.9. The number of benzene rings is 1. The molecule has 0 saturated heterocycles. The van der Waals surface area contributed by atoms with Crippen molar-refractivity contribution in [1.82, 2.24) is 0 Å². The van der Waals surface area contributed by atoms with E-state index in [0.717, 1.165) is 12.8 Å². The molecule has 0 heterocycles. The summed E-state index contributed by atoms with van der Waals surface area (Å²) in [4.78, 5) is 0.0867. The van der Waals surface area contributed by atoms with Crippen molar-refractivity contribution in [2.75, 3.05) is 0 Å². The Kier molecular flexibility index (Phi) is 6.74. The highest BCUT2D eigenvalue weighted by Crippen LogP contribution is 2.13. The van der Waals surface area contributed by atoms with Crippen LogP contribution in [-0.2, 0) is 14.4 Å². The monoisotopic (exact) mass is 294 g/mol. The standard InChI is InChI=1S/C14H18N2O3S/c1-2-13(9-5-4-8-12-15)16-19-20(17,18)14-10-6-3-7-11-14/h3,6-7,10-11H,2,4-5,8-9H2,1H3. The second-order valence-corrected chi connectivity index (χ2v) is 5.75. The fourth-order valence-electron chi connectivity index (χ4n) is 1.55. The molecular formula is C14H18N2O3S. The van der Waals surface area contributed by atoms with E-state index in [-0.39, 0.29) is 4.90 Å². The van der Waals surface area contributed by atoms with Crippen LogP contribution in [0.15, 0.2) is 40.4 Å². The highest BCUT2D eigenvalue weighted by molar-refractivity contribution is 7.86. The topological polar surface area (TPSA) is 79.5 Å². The minimum Gasteiger partial charge on any atom is -0.265 e. The minimum atomic E-state index is -3.84. The van der Waals surface area contributed by atoms with Crippen LogP contribution in [0.1, 0.15) is 39.0 Å². The largest absolute Gasteiger partial charge is 0.358 e. The Labute approximate surface area is 120 Å². The molecule has 1 aromatic rings. The first-order valence-electron chi connectivity index (χ1n) is 6.51. The van der Waals surface area contributed by atoms with Crippen molar-refractivity contribution >= 4 is 15.8 Å². The van der Waals surface area contributed by atoms with Gasteiger partial charge in [-0.2, -0.15) is 13.7 Å². The number of oxime groups is 1. The molecule has 0 aliphatic carbocycles. The van der Waals surface area contributed by atoms with Gasteiger partial charge in [0.2, 0.25) is 0 Å². The number of unbranched alkanes of at least 4 members (excludes halogenated alkanes) is 2. The summed E-state index contributed by atoms with van der Waals surface area (Å²) in [7, 11) is -3.84. The molecule has 6 heteroatoms. The summed E-state index contributed by atoms with van der Waals surface area (Å²) in [6, 6.07) is 9.98. The summed E-state index contributed by atoms with van der Waals surface area (Å²) in [5.74, 6) is 0. The molecule has 0 unspecified atom stereocenters. The van der Waals surface area contributed by atoms with Gasteiger partial charge in [-0.3, -0.25) is 4.28 Å². The van der Waals surface area contributed by atoms with E-state index in [1.54, 1.807) is 18.2 Å². The first kappa shape index (κ1) is 16.2. The van der Waals surface area contributed by atoms with Crippen molar-refractivity contribution in [2.45, 2.75) is 43.9 Å². The predicted molar refractivity (Wildman–Crippen MR) is 76.5 cm³/mol. The van der Waals surface area contributed by atoms with Crippen LogP contribution in [0.25, 0.3) is 0 Å². The number of nitrogens with zero attached hydrogens (tertiary/aromatic N) is 2. The highest BCUT2D eigenvalue weighted by atomic mass is 32.2. The SMILES string of the molecule is CCC(CCCCC#N)=NOS(=O)(=O)c1ccccc1. The fourth-order valence-corrected chi connectivity index (χ4v) is 2.33. The zero-order valence-corrected chi connectivity index (χ0v) is 12.3. The quantitative estimate of drug-likeness (QED) is 0.419. The molecule has 5 nitrogen and oxygen atoms in total. The summed E-state index contributed by atoms with van der Waals surface area (Å²) in [5.41, 5.74) is 0.683.